The van der Waals surface area contributed by atoms with Crippen LogP contribution in [0.2, 0.25) is 0 Å². The van der Waals surface area contributed by atoms with Gasteiger partial charge in [-0.15, -0.1) is 0 Å². The zero-order valence-electron chi connectivity index (χ0n) is 13.5. The second-order valence-corrected chi connectivity index (χ2v) is 5.72. The Kier molecular flexibility index (Phi) is 4.69. The molecule has 24 heavy (non-hydrogen) atoms. The van der Waals surface area contributed by atoms with Crippen LogP contribution in [0.4, 0.5) is 11.6 Å². The number of piperazine rings is 1. The number of nitrogens with one attached hydrogen (secondary N) is 1. The third kappa shape index (κ3) is 3.68. The number of aromatic nitrogens is 2. The molecule has 1 N–H and O–H groups in total. The summed E-state index contributed by atoms with van der Waals surface area (Å²) in [6, 6.07) is 7.59. The van der Waals surface area contributed by atoms with Crippen LogP contribution in [-0.4, -0.2) is 53.4 Å². The molecule has 124 valence electrons. The van der Waals surface area contributed by atoms with Crippen molar-refractivity contribution in [2.75, 3.05) is 36.4 Å². The van der Waals surface area contributed by atoms with E-state index < -0.39 is 0 Å². The highest BCUT2D eigenvalue weighted by molar-refractivity contribution is 6.03. The Morgan fingerprint density at radius 2 is 1.71 bits per heavy atom. The maximum Gasteiger partial charge on any atom is 0.258 e. The third-order valence-corrected chi connectivity index (χ3v) is 3.96. The molecule has 1 aromatic heterocycles. The molecule has 0 bridgehead atoms. The van der Waals surface area contributed by atoms with E-state index in [0.717, 1.165) is 17.7 Å². The topological polar surface area (TPSA) is 78.4 Å². The van der Waals surface area contributed by atoms with Crippen LogP contribution in [0.25, 0.3) is 0 Å². The summed E-state index contributed by atoms with van der Waals surface area (Å²) < 4.78 is 0. The summed E-state index contributed by atoms with van der Waals surface area (Å²) in [4.78, 5) is 35.2. The van der Waals surface area contributed by atoms with Gasteiger partial charge in [-0.25, -0.2) is 9.97 Å². The summed E-state index contributed by atoms with van der Waals surface area (Å²) in [7, 11) is 0. The molecular formula is C17H19N5O2. The Labute approximate surface area is 140 Å². The van der Waals surface area contributed by atoms with Crippen LogP contribution < -0.4 is 10.2 Å². The molecule has 2 aromatic rings. The van der Waals surface area contributed by atoms with Gasteiger partial charge in [0.05, 0.1) is 5.56 Å². The lowest BCUT2D eigenvalue weighted by molar-refractivity contribution is -0.118. The van der Waals surface area contributed by atoms with Crippen molar-refractivity contribution in [1.82, 2.24) is 14.9 Å². The highest BCUT2D eigenvalue weighted by atomic mass is 16.1. The van der Waals surface area contributed by atoms with Crippen molar-refractivity contribution in [3.8, 4) is 0 Å². The summed E-state index contributed by atoms with van der Waals surface area (Å²) in [5.74, 6) is 0.337. The van der Waals surface area contributed by atoms with E-state index in [1.165, 1.54) is 12.4 Å². The zero-order chi connectivity index (χ0) is 16.9. The van der Waals surface area contributed by atoms with Crippen LogP contribution in [0.15, 0.2) is 36.7 Å². The van der Waals surface area contributed by atoms with Gasteiger partial charge in [0.2, 0.25) is 12.4 Å². The van der Waals surface area contributed by atoms with E-state index in [2.05, 4.69) is 15.3 Å². The van der Waals surface area contributed by atoms with E-state index in [1.54, 1.807) is 4.90 Å². The first-order valence-corrected chi connectivity index (χ1v) is 7.80. The molecule has 1 saturated heterocycles. The Hall–Kier alpha value is -2.96. The van der Waals surface area contributed by atoms with Crippen molar-refractivity contribution in [2.45, 2.75) is 6.92 Å². The quantitative estimate of drug-likeness (QED) is 0.858. The van der Waals surface area contributed by atoms with E-state index >= 15 is 0 Å². The van der Waals surface area contributed by atoms with Crippen LogP contribution in [0, 0.1) is 6.92 Å². The lowest BCUT2D eigenvalue weighted by atomic mass is 10.2. The van der Waals surface area contributed by atoms with Crippen molar-refractivity contribution in [2.24, 2.45) is 0 Å². The molecule has 1 fully saturated rings. The monoisotopic (exact) mass is 325 g/mol. The van der Waals surface area contributed by atoms with Crippen molar-refractivity contribution in [1.29, 1.82) is 0 Å². The summed E-state index contributed by atoms with van der Waals surface area (Å²) in [6.45, 7) is 4.68. The highest BCUT2D eigenvalue weighted by Crippen LogP contribution is 2.13. The zero-order valence-corrected chi connectivity index (χ0v) is 13.5. The Balaban J connectivity index is 1.62. The number of benzene rings is 1. The lowest BCUT2D eigenvalue weighted by Gasteiger charge is -2.32. The number of amides is 2. The molecule has 0 spiro atoms. The molecule has 3 rings (SSSR count). The summed E-state index contributed by atoms with van der Waals surface area (Å²) in [5, 5.41) is 2.82. The lowest BCUT2D eigenvalue weighted by Crippen LogP contribution is -2.46. The van der Waals surface area contributed by atoms with E-state index in [1.807, 2.05) is 36.1 Å². The predicted molar refractivity (Wildman–Crippen MR) is 91.0 cm³/mol. The van der Waals surface area contributed by atoms with Gasteiger partial charge in [-0.1, -0.05) is 17.7 Å². The molecule has 2 amide bonds. The average molecular weight is 325 g/mol. The number of hydrogen-bond donors (Lipinski definition) is 1. The van der Waals surface area contributed by atoms with Crippen LogP contribution in [0.5, 0.6) is 0 Å². The van der Waals surface area contributed by atoms with E-state index in [-0.39, 0.29) is 5.91 Å². The highest BCUT2D eigenvalue weighted by Gasteiger charge is 2.18. The van der Waals surface area contributed by atoms with E-state index in [0.29, 0.717) is 37.7 Å². The minimum absolute atomic E-state index is 0.240. The van der Waals surface area contributed by atoms with Crippen molar-refractivity contribution in [3.05, 3.63) is 47.8 Å². The first-order chi connectivity index (χ1) is 11.7. The first-order valence-electron chi connectivity index (χ1n) is 7.80. The third-order valence-electron chi connectivity index (χ3n) is 3.96. The average Bonchev–Trinajstić information content (AvgIpc) is 2.64. The Morgan fingerprint density at radius 3 is 2.29 bits per heavy atom. The minimum atomic E-state index is -0.240. The maximum atomic E-state index is 12.2. The Bertz CT molecular complexity index is 707. The van der Waals surface area contributed by atoms with Gasteiger partial charge in [0, 0.05) is 44.3 Å². The SMILES string of the molecule is Cc1ccc(NC(=O)c2cnc(N3CCN(C=O)CC3)nc2)cc1. The Morgan fingerprint density at radius 1 is 1.08 bits per heavy atom. The minimum Gasteiger partial charge on any atom is -0.342 e. The number of carbonyl (C=O) groups excluding carboxylic acids is 2. The molecule has 1 aliphatic heterocycles. The molecule has 0 radical (unpaired) electrons. The van der Waals surface area contributed by atoms with Crippen molar-refractivity contribution >= 4 is 24.0 Å². The molecular weight excluding hydrogens is 306 g/mol. The van der Waals surface area contributed by atoms with Gasteiger partial charge >= 0.3 is 0 Å². The van der Waals surface area contributed by atoms with Crippen molar-refractivity contribution < 1.29 is 9.59 Å². The molecule has 0 unspecified atom stereocenters. The molecule has 7 heteroatoms. The van der Waals surface area contributed by atoms with E-state index in [4.69, 9.17) is 0 Å². The first kappa shape index (κ1) is 15.9. The normalized spacial score (nSPS) is 14.4. The number of anilines is 2. The fraction of sp³-hybridized carbons (Fsp3) is 0.294. The molecule has 1 aromatic carbocycles. The maximum absolute atomic E-state index is 12.2. The van der Waals surface area contributed by atoms with Crippen molar-refractivity contribution in [3.63, 3.8) is 0 Å². The summed E-state index contributed by atoms with van der Waals surface area (Å²) >= 11 is 0. The second kappa shape index (κ2) is 7.08. The van der Waals surface area contributed by atoms with Gasteiger partial charge in [0.15, 0.2) is 0 Å². The smallest absolute Gasteiger partial charge is 0.258 e. The second-order valence-electron chi connectivity index (χ2n) is 5.72. The van der Waals surface area contributed by atoms with Gasteiger partial charge in [0.25, 0.3) is 5.91 Å². The van der Waals surface area contributed by atoms with Crippen LogP contribution in [0.3, 0.4) is 0 Å². The van der Waals surface area contributed by atoms with Gasteiger partial charge in [-0.2, -0.15) is 0 Å². The molecule has 7 nitrogen and oxygen atoms in total. The molecule has 0 aliphatic carbocycles. The van der Waals surface area contributed by atoms with Gasteiger partial charge in [-0.3, -0.25) is 9.59 Å². The van der Waals surface area contributed by atoms with Crippen LogP contribution >= 0.6 is 0 Å². The summed E-state index contributed by atoms with van der Waals surface area (Å²) in [6.07, 6.45) is 3.91. The fourth-order valence-corrected chi connectivity index (χ4v) is 2.47. The number of rotatable bonds is 4. The molecule has 0 atom stereocenters. The number of nitrogens with zero attached hydrogens (tertiary/aromatic N) is 4. The van der Waals surface area contributed by atoms with Gasteiger partial charge < -0.3 is 15.1 Å². The number of carbonyl (C=O) groups is 2. The fourth-order valence-electron chi connectivity index (χ4n) is 2.47. The standard InChI is InChI=1S/C17H19N5O2/c1-13-2-4-15(5-3-13)20-16(24)14-10-18-17(19-11-14)22-8-6-21(12-23)7-9-22/h2-5,10-12H,6-9H2,1H3,(H,20,24). The number of hydrogen-bond acceptors (Lipinski definition) is 5. The predicted octanol–water partition coefficient (Wildman–Crippen LogP) is 1.32. The molecule has 2 heterocycles. The van der Waals surface area contributed by atoms with Gasteiger partial charge in [-0.05, 0) is 19.1 Å². The largest absolute Gasteiger partial charge is 0.342 e. The number of aryl methyl sites for hydroxylation is 1. The van der Waals surface area contributed by atoms with Crippen LogP contribution in [-0.2, 0) is 4.79 Å². The van der Waals surface area contributed by atoms with E-state index in [9.17, 15) is 9.59 Å². The molecule has 1 aliphatic rings. The summed E-state index contributed by atoms with van der Waals surface area (Å²) in [5.41, 5.74) is 2.28. The van der Waals surface area contributed by atoms with Gasteiger partial charge in [0.1, 0.15) is 0 Å². The molecule has 0 saturated carbocycles. The van der Waals surface area contributed by atoms with Crippen LogP contribution in [0.1, 0.15) is 15.9 Å².